The SMILES string of the molecule is Cc1ccc(S(=O)(=O)N2CCNCCN(S(=O)(=O)c3ccc(C)cc3)CCN(S(=O)(=O)c3ccc(C)cc3)CCN(S(=O)(=O)c3ccc(C)cc3)CCN(S(=O)(=O)c3ccc(C)cc3)CC2)cc1. The van der Waals surface area contributed by atoms with Crippen molar-refractivity contribution >= 4 is 50.1 Å². The molecule has 0 saturated carbocycles. The number of hydrogen-bond acceptors (Lipinski definition) is 11. The van der Waals surface area contributed by atoms with Gasteiger partial charge < -0.3 is 5.32 Å². The van der Waals surface area contributed by atoms with Crippen molar-refractivity contribution in [3.63, 3.8) is 0 Å². The molecule has 0 bridgehead atoms. The average molecular weight is 1030 g/mol. The van der Waals surface area contributed by atoms with Crippen LogP contribution >= 0.6 is 0 Å². The van der Waals surface area contributed by atoms with Gasteiger partial charge in [-0.05, 0) is 95.3 Å². The number of benzene rings is 5. The molecule has 21 heteroatoms. The van der Waals surface area contributed by atoms with Crippen molar-refractivity contribution in [1.29, 1.82) is 0 Å². The van der Waals surface area contributed by atoms with Crippen molar-refractivity contribution in [1.82, 2.24) is 26.8 Å². The molecule has 1 saturated heterocycles. The fourth-order valence-electron chi connectivity index (χ4n) is 7.48. The fraction of sp³-hybridized carbons (Fsp3) is 0.362. The Bertz CT molecular complexity index is 2890. The van der Waals surface area contributed by atoms with E-state index in [0.717, 1.165) is 49.3 Å². The van der Waals surface area contributed by atoms with Crippen molar-refractivity contribution in [2.45, 2.75) is 59.1 Å². The van der Waals surface area contributed by atoms with Gasteiger partial charge in [-0.1, -0.05) is 88.5 Å². The highest BCUT2D eigenvalue weighted by Gasteiger charge is 2.35. The lowest BCUT2D eigenvalue weighted by molar-refractivity contribution is 0.289. The Balaban J connectivity index is 1.46. The normalized spacial score (nSPS) is 17.6. The molecule has 0 atom stereocenters. The number of rotatable bonds is 10. The molecule has 1 aliphatic rings. The summed E-state index contributed by atoms with van der Waals surface area (Å²) in [5.74, 6) is 0. The average Bonchev–Trinajstić information content (AvgIpc) is 3.29. The van der Waals surface area contributed by atoms with Crippen molar-refractivity contribution in [2.24, 2.45) is 0 Å². The second-order valence-electron chi connectivity index (χ2n) is 16.8. The summed E-state index contributed by atoms with van der Waals surface area (Å²) in [6.07, 6.45) is 0. The molecule has 0 radical (unpaired) electrons. The Hall–Kier alpha value is -4.39. The first kappa shape index (κ1) is 53.0. The van der Waals surface area contributed by atoms with Crippen LogP contribution in [0.2, 0.25) is 0 Å². The second-order valence-corrected chi connectivity index (χ2v) is 26.5. The van der Waals surface area contributed by atoms with E-state index in [0.29, 0.717) is 0 Å². The smallest absolute Gasteiger partial charge is 0.243 e. The van der Waals surface area contributed by atoms with E-state index in [-0.39, 0.29) is 63.7 Å². The van der Waals surface area contributed by atoms with E-state index in [4.69, 9.17) is 0 Å². The first-order chi connectivity index (χ1) is 32.0. The Morgan fingerprint density at radius 1 is 0.265 bits per heavy atom. The standard InChI is InChI=1S/C47H60N6O10S5/c1-38-6-16-43(17-7-38)64(54,55)49-28-26-48-27-29-50(65(56,57)44-18-8-39(2)9-19-44)31-33-52(67(60,61)46-22-12-41(4)13-23-46)35-37-53(68(62,63)47-24-14-42(5)15-25-47)36-34-51(32-30-49)66(58,59)45-20-10-40(3)11-21-45/h6-25,48H,26-37H2,1-5H3. The third-order valence-electron chi connectivity index (χ3n) is 11.8. The van der Waals surface area contributed by atoms with Gasteiger partial charge >= 0.3 is 0 Å². The summed E-state index contributed by atoms with van der Waals surface area (Å²) in [7, 11) is -21.7. The molecule has 0 aliphatic carbocycles. The zero-order chi connectivity index (χ0) is 49.5. The summed E-state index contributed by atoms with van der Waals surface area (Å²) in [5.41, 5.74) is 4.02. The summed E-state index contributed by atoms with van der Waals surface area (Å²) in [6.45, 7) is 5.41. The molecule has 0 aromatic heterocycles. The Morgan fingerprint density at radius 2 is 0.412 bits per heavy atom. The Kier molecular flexibility index (Phi) is 17.2. The fourth-order valence-corrected chi connectivity index (χ4v) is 14.6. The third kappa shape index (κ3) is 12.7. The van der Waals surface area contributed by atoms with E-state index < -0.39 is 89.4 Å². The van der Waals surface area contributed by atoms with Crippen LogP contribution in [0.15, 0.2) is 146 Å². The second kappa shape index (κ2) is 22.1. The number of nitrogens with zero attached hydrogens (tertiary/aromatic N) is 5. The number of aryl methyl sites for hydroxylation is 5. The van der Waals surface area contributed by atoms with Gasteiger partial charge in [0.15, 0.2) is 0 Å². The maximum Gasteiger partial charge on any atom is 0.243 e. The van der Waals surface area contributed by atoms with Crippen molar-refractivity contribution < 1.29 is 42.1 Å². The van der Waals surface area contributed by atoms with E-state index >= 15 is 0 Å². The monoisotopic (exact) mass is 1030 g/mol. The largest absolute Gasteiger partial charge is 0.314 e. The van der Waals surface area contributed by atoms with Crippen LogP contribution in [0.4, 0.5) is 0 Å². The molecule has 68 heavy (non-hydrogen) atoms. The lowest BCUT2D eigenvalue weighted by Gasteiger charge is -2.32. The highest BCUT2D eigenvalue weighted by molar-refractivity contribution is 7.90. The lowest BCUT2D eigenvalue weighted by atomic mass is 10.2. The summed E-state index contributed by atoms with van der Waals surface area (Å²) < 4.78 is 151. The summed E-state index contributed by atoms with van der Waals surface area (Å²) in [6, 6.07) is 30.7. The summed E-state index contributed by atoms with van der Waals surface area (Å²) in [5, 5.41) is 3.15. The molecular weight excluding hydrogens is 969 g/mol. The van der Waals surface area contributed by atoms with Crippen molar-refractivity contribution in [2.75, 3.05) is 78.5 Å². The molecule has 5 aromatic rings. The molecule has 1 fully saturated rings. The van der Waals surface area contributed by atoms with Crippen LogP contribution in [-0.4, -0.2) is 142 Å². The first-order valence-corrected chi connectivity index (χ1v) is 29.3. The van der Waals surface area contributed by atoms with Gasteiger partial charge in [0.1, 0.15) is 0 Å². The minimum Gasteiger partial charge on any atom is -0.314 e. The Morgan fingerprint density at radius 3 is 0.574 bits per heavy atom. The zero-order valence-electron chi connectivity index (χ0n) is 38.9. The van der Waals surface area contributed by atoms with Gasteiger partial charge in [-0.2, -0.15) is 21.5 Å². The highest BCUT2D eigenvalue weighted by Crippen LogP contribution is 2.24. The van der Waals surface area contributed by atoms with Crippen LogP contribution < -0.4 is 5.32 Å². The van der Waals surface area contributed by atoms with Gasteiger partial charge in [-0.15, -0.1) is 0 Å². The summed E-state index contributed by atoms with van der Waals surface area (Å²) >= 11 is 0. The van der Waals surface area contributed by atoms with E-state index in [9.17, 15) is 42.1 Å². The van der Waals surface area contributed by atoms with E-state index in [2.05, 4.69) is 5.32 Å². The molecule has 6 rings (SSSR count). The molecule has 0 spiro atoms. The van der Waals surface area contributed by atoms with Crippen LogP contribution in [0.3, 0.4) is 0 Å². The maximum atomic E-state index is 14.7. The predicted molar refractivity (Wildman–Crippen MR) is 263 cm³/mol. The van der Waals surface area contributed by atoms with Crippen LogP contribution in [0, 0.1) is 34.6 Å². The number of hydrogen-bond donors (Lipinski definition) is 1. The van der Waals surface area contributed by atoms with Gasteiger partial charge in [0, 0.05) is 78.5 Å². The minimum atomic E-state index is -4.46. The van der Waals surface area contributed by atoms with Crippen molar-refractivity contribution in [3.8, 4) is 0 Å². The number of nitrogens with one attached hydrogen (secondary N) is 1. The molecule has 368 valence electrons. The molecule has 5 aromatic carbocycles. The lowest BCUT2D eigenvalue weighted by Crippen LogP contribution is -2.49. The zero-order valence-corrected chi connectivity index (χ0v) is 43.0. The maximum absolute atomic E-state index is 14.7. The van der Waals surface area contributed by atoms with Gasteiger partial charge in [-0.25, -0.2) is 42.1 Å². The summed E-state index contributed by atoms with van der Waals surface area (Å²) in [4.78, 5) is -0.339. The van der Waals surface area contributed by atoms with Gasteiger partial charge in [0.25, 0.3) is 0 Å². The quantitative estimate of drug-likeness (QED) is 0.205. The van der Waals surface area contributed by atoms with Crippen molar-refractivity contribution in [3.05, 3.63) is 149 Å². The van der Waals surface area contributed by atoms with Crippen LogP contribution in [-0.2, 0) is 50.1 Å². The minimum absolute atomic E-state index is 0.0186. The topological polar surface area (TPSA) is 199 Å². The molecule has 1 heterocycles. The molecule has 16 nitrogen and oxygen atoms in total. The molecular formula is C47H60N6O10S5. The molecule has 1 N–H and O–H groups in total. The van der Waals surface area contributed by atoms with E-state index in [1.807, 2.05) is 13.8 Å². The molecule has 0 unspecified atom stereocenters. The predicted octanol–water partition coefficient (Wildman–Crippen LogP) is 4.59. The third-order valence-corrected chi connectivity index (χ3v) is 21.3. The van der Waals surface area contributed by atoms with Crippen LogP contribution in [0.25, 0.3) is 0 Å². The number of sulfonamides is 5. The highest BCUT2D eigenvalue weighted by atomic mass is 32.2. The first-order valence-electron chi connectivity index (χ1n) is 22.1. The van der Waals surface area contributed by atoms with Crippen LogP contribution in [0.5, 0.6) is 0 Å². The van der Waals surface area contributed by atoms with E-state index in [1.54, 1.807) is 81.4 Å². The Labute approximate surface area is 403 Å². The molecule has 0 amide bonds. The van der Waals surface area contributed by atoms with Crippen LogP contribution in [0.1, 0.15) is 27.8 Å². The van der Waals surface area contributed by atoms with Gasteiger partial charge in [0.05, 0.1) is 24.5 Å². The van der Waals surface area contributed by atoms with E-state index in [1.165, 1.54) is 60.7 Å². The van der Waals surface area contributed by atoms with Gasteiger partial charge in [0.2, 0.25) is 50.1 Å². The molecule has 1 aliphatic heterocycles. The van der Waals surface area contributed by atoms with Gasteiger partial charge in [-0.3, -0.25) is 0 Å².